The summed E-state index contributed by atoms with van der Waals surface area (Å²) in [7, 11) is 3.29. The summed E-state index contributed by atoms with van der Waals surface area (Å²) in [6, 6.07) is 4.96. The first-order chi connectivity index (χ1) is 10.3. The van der Waals surface area contributed by atoms with Crippen molar-refractivity contribution in [1.82, 2.24) is 4.90 Å². The number of anilines is 1. The van der Waals surface area contributed by atoms with Crippen molar-refractivity contribution in [2.45, 2.75) is 18.6 Å². The molecule has 1 aromatic rings. The van der Waals surface area contributed by atoms with Crippen LogP contribution in [0.5, 0.6) is 0 Å². The zero-order valence-electron chi connectivity index (χ0n) is 12.6. The molecule has 1 unspecified atom stereocenters. The predicted molar refractivity (Wildman–Crippen MR) is 88.5 cm³/mol. The molecule has 0 radical (unpaired) electrons. The lowest BCUT2D eigenvalue weighted by Gasteiger charge is -2.19. The Balaban J connectivity index is 2.26. The van der Waals surface area contributed by atoms with Gasteiger partial charge >= 0.3 is 0 Å². The van der Waals surface area contributed by atoms with E-state index in [1.807, 2.05) is 0 Å². The van der Waals surface area contributed by atoms with Crippen molar-refractivity contribution >= 4 is 46.0 Å². The van der Waals surface area contributed by atoms with E-state index in [2.05, 4.69) is 0 Å². The zero-order valence-corrected chi connectivity index (χ0v) is 14.2. The third kappa shape index (κ3) is 3.62. The largest absolute Gasteiger partial charge is 0.345 e. The second-order valence-electron chi connectivity index (χ2n) is 5.30. The first kappa shape index (κ1) is 16.8. The number of hydrogen-bond acceptors (Lipinski definition) is 4. The first-order valence-corrected chi connectivity index (χ1v) is 8.04. The molecule has 1 heterocycles. The van der Waals surface area contributed by atoms with E-state index < -0.39 is 0 Å². The number of halogens is 1. The monoisotopic (exact) mass is 340 g/mol. The lowest BCUT2D eigenvalue weighted by Crippen LogP contribution is -2.26. The molecule has 0 saturated carbocycles. The van der Waals surface area contributed by atoms with Gasteiger partial charge in [-0.15, -0.1) is 0 Å². The van der Waals surface area contributed by atoms with Gasteiger partial charge in [0.15, 0.2) is 5.12 Å². The molecule has 1 aliphatic rings. The average Bonchev–Trinajstić information content (AvgIpc) is 2.78. The number of carbonyl (C=O) groups is 3. The molecule has 2 amide bonds. The molecule has 1 fully saturated rings. The molecular formula is C15H17ClN2O3S. The van der Waals surface area contributed by atoms with Gasteiger partial charge in [-0.1, -0.05) is 23.4 Å². The molecule has 22 heavy (non-hydrogen) atoms. The van der Waals surface area contributed by atoms with E-state index in [1.54, 1.807) is 37.2 Å². The van der Waals surface area contributed by atoms with Crippen molar-refractivity contribution in [3.05, 3.63) is 28.8 Å². The number of amides is 2. The quantitative estimate of drug-likeness (QED) is 0.848. The Bertz CT molecular complexity index is 633. The third-order valence-corrected chi connectivity index (χ3v) is 4.63. The molecule has 0 bridgehead atoms. The average molecular weight is 341 g/mol. The van der Waals surface area contributed by atoms with Crippen LogP contribution in [0, 0.1) is 0 Å². The molecule has 1 aliphatic heterocycles. The van der Waals surface area contributed by atoms with E-state index in [0.29, 0.717) is 29.2 Å². The van der Waals surface area contributed by atoms with Gasteiger partial charge in [0.05, 0.1) is 10.6 Å². The van der Waals surface area contributed by atoms with E-state index in [1.165, 1.54) is 23.6 Å². The minimum atomic E-state index is -0.215. The van der Waals surface area contributed by atoms with Crippen LogP contribution in [-0.2, 0) is 9.59 Å². The SMILES string of the molecule is CC(=O)SC1CC(=O)N(c2ccc(Cl)c(C(=O)N(C)C)c2)C1. The lowest BCUT2D eigenvalue weighted by molar-refractivity contribution is -0.117. The fourth-order valence-electron chi connectivity index (χ4n) is 2.32. The summed E-state index contributed by atoms with van der Waals surface area (Å²) >= 11 is 7.26. The van der Waals surface area contributed by atoms with Gasteiger partial charge in [-0.3, -0.25) is 14.4 Å². The maximum atomic E-state index is 12.1. The van der Waals surface area contributed by atoms with Crippen molar-refractivity contribution in [2.75, 3.05) is 25.5 Å². The summed E-state index contributed by atoms with van der Waals surface area (Å²) in [6.07, 6.45) is 0.323. The predicted octanol–water partition coefficient (Wildman–Crippen LogP) is 2.43. The van der Waals surface area contributed by atoms with Gasteiger partial charge in [0.1, 0.15) is 0 Å². The highest BCUT2D eigenvalue weighted by atomic mass is 35.5. The Kier molecular flexibility index (Phi) is 5.13. The van der Waals surface area contributed by atoms with E-state index in [-0.39, 0.29) is 22.2 Å². The maximum absolute atomic E-state index is 12.1. The van der Waals surface area contributed by atoms with Crippen LogP contribution in [0.3, 0.4) is 0 Å². The highest BCUT2D eigenvalue weighted by Gasteiger charge is 2.32. The number of hydrogen-bond donors (Lipinski definition) is 0. The third-order valence-electron chi connectivity index (χ3n) is 3.32. The van der Waals surface area contributed by atoms with Crippen LogP contribution in [-0.4, -0.2) is 47.7 Å². The molecule has 1 aromatic carbocycles. The molecule has 118 valence electrons. The second-order valence-corrected chi connectivity index (χ2v) is 7.19. The van der Waals surface area contributed by atoms with Crippen molar-refractivity contribution in [1.29, 1.82) is 0 Å². The fourth-order valence-corrected chi connectivity index (χ4v) is 3.44. The zero-order chi connectivity index (χ0) is 16.4. The number of benzene rings is 1. The van der Waals surface area contributed by atoms with Crippen LogP contribution in [0.2, 0.25) is 5.02 Å². The van der Waals surface area contributed by atoms with Crippen molar-refractivity contribution < 1.29 is 14.4 Å². The van der Waals surface area contributed by atoms with Crippen molar-refractivity contribution in [2.24, 2.45) is 0 Å². The van der Waals surface area contributed by atoms with Gasteiger partial charge in [0.2, 0.25) is 5.91 Å². The van der Waals surface area contributed by atoms with Crippen LogP contribution in [0.25, 0.3) is 0 Å². The van der Waals surface area contributed by atoms with E-state index in [0.717, 1.165) is 0 Å². The lowest BCUT2D eigenvalue weighted by atomic mass is 10.1. The van der Waals surface area contributed by atoms with Crippen molar-refractivity contribution in [3.63, 3.8) is 0 Å². The maximum Gasteiger partial charge on any atom is 0.254 e. The Labute approximate surface area is 138 Å². The molecule has 5 nitrogen and oxygen atoms in total. The number of rotatable bonds is 3. The minimum absolute atomic E-state index is 0.000712. The smallest absolute Gasteiger partial charge is 0.254 e. The molecule has 2 rings (SSSR count). The Morgan fingerprint density at radius 2 is 2.05 bits per heavy atom. The molecule has 0 spiro atoms. The molecular weight excluding hydrogens is 324 g/mol. The number of thioether (sulfide) groups is 1. The van der Waals surface area contributed by atoms with E-state index >= 15 is 0 Å². The van der Waals surface area contributed by atoms with Gasteiger partial charge in [-0.05, 0) is 18.2 Å². The molecule has 0 aliphatic carbocycles. The van der Waals surface area contributed by atoms with Crippen LogP contribution >= 0.6 is 23.4 Å². The van der Waals surface area contributed by atoms with Crippen LogP contribution in [0.1, 0.15) is 23.7 Å². The minimum Gasteiger partial charge on any atom is -0.345 e. The van der Waals surface area contributed by atoms with Crippen LogP contribution < -0.4 is 4.90 Å². The van der Waals surface area contributed by atoms with E-state index in [9.17, 15) is 14.4 Å². The Morgan fingerprint density at radius 3 is 2.64 bits per heavy atom. The van der Waals surface area contributed by atoms with Crippen LogP contribution in [0.4, 0.5) is 5.69 Å². The summed E-state index contributed by atoms with van der Waals surface area (Å²) < 4.78 is 0. The number of nitrogens with zero attached hydrogens (tertiary/aromatic N) is 2. The fraction of sp³-hybridized carbons (Fsp3) is 0.400. The standard InChI is InChI=1S/C15H17ClN2O3S/c1-9(19)22-11-7-14(20)18(8-11)10-4-5-13(16)12(6-10)15(21)17(2)3/h4-6,11H,7-8H2,1-3H3. The van der Waals surface area contributed by atoms with Crippen LogP contribution in [0.15, 0.2) is 18.2 Å². The van der Waals surface area contributed by atoms with Gasteiger partial charge in [0.25, 0.3) is 5.91 Å². The first-order valence-electron chi connectivity index (χ1n) is 6.78. The molecule has 1 atom stereocenters. The van der Waals surface area contributed by atoms with Gasteiger partial charge in [-0.25, -0.2) is 0 Å². The Morgan fingerprint density at radius 1 is 1.36 bits per heavy atom. The second kappa shape index (κ2) is 6.71. The Hall–Kier alpha value is -1.53. The molecule has 0 N–H and O–H groups in total. The summed E-state index contributed by atoms with van der Waals surface area (Å²) in [5.41, 5.74) is 0.992. The highest BCUT2D eigenvalue weighted by molar-refractivity contribution is 8.14. The normalized spacial score (nSPS) is 17.7. The summed E-state index contributed by atoms with van der Waals surface area (Å²) in [6.45, 7) is 1.95. The van der Waals surface area contributed by atoms with Crippen molar-refractivity contribution in [3.8, 4) is 0 Å². The topological polar surface area (TPSA) is 57.7 Å². The van der Waals surface area contributed by atoms with E-state index in [4.69, 9.17) is 11.6 Å². The molecule has 0 aromatic heterocycles. The summed E-state index contributed by atoms with van der Waals surface area (Å²) in [5, 5.41) is 0.302. The summed E-state index contributed by atoms with van der Waals surface area (Å²) in [5.74, 6) is -0.266. The highest BCUT2D eigenvalue weighted by Crippen LogP contribution is 2.31. The summed E-state index contributed by atoms with van der Waals surface area (Å²) in [4.78, 5) is 38.5. The van der Waals surface area contributed by atoms with Gasteiger partial charge < -0.3 is 9.80 Å². The van der Waals surface area contributed by atoms with Gasteiger partial charge in [-0.2, -0.15) is 0 Å². The molecule has 7 heteroatoms. The molecule has 1 saturated heterocycles. The van der Waals surface area contributed by atoms with Gasteiger partial charge in [0, 0.05) is 44.9 Å². The number of carbonyl (C=O) groups excluding carboxylic acids is 3.